The summed E-state index contributed by atoms with van der Waals surface area (Å²) in [7, 11) is 0. The molecule has 1 unspecified atom stereocenters. The van der Waals surface area contributed by atoms with Crippen molar-refractivity contribution in [1.82, 2.24) is 0 Å². The van der Waals surface area contributed by atoms with E-state index in [0.717, 1.165) is 24.0 Å². The van der Waals surface area contributed by atoms with Crippen LogP contribution in [0.3, 0.4) is 0 Å². The van der Waals surface area contributed by atoms with Gasteiger partial charge < -0.3 is 9.47 Å². The third kappa shape index (κ3) is 2.15. The Balaban J connectivity index is 1.94. The average molecular weight is 320 g/mol. The van der Waals surface area contributed by atoms with E-state index in [1.165, 1.54) is 0 Å². The van der Waals surface area contributed by atoms with Crippen molar-refractivity contribution in [2.24, 2.45) is 5.92 Å². The smallest absolute Gasteiger partial charge is 0.337 e. The van der Waals surface area contributed by atoms with Crippen LogP contribution >= 0.6 is 0 Å². The topological polar surface area (TPSA) is 35.5 Å². The molecular formula is C21H20O3. The number of rotatable bonds is 2. The molecule has 2 aromatic carbocycles. The first-order valence-electron chi connectivity index (χ1n) is 8.41. The molecule has 24 heavy (non-hydrogen) atoms. The first-order valence-corrected chi connectivity index (χ1v) is 8.41. The summed E-state index contributed by atoms with van der Waals surface area (Å²) in [6.45, 7) is 2.36. The zero-order chi connectivity index (χ0) is 16.6. The van der Waals surface area contributed by atoms with E-state index >= 15 is 0 Å². The second-order valence-electron chi connectivity index (χ2n) is 6.37. The van der Waals surface area contributed by atoms with Crippen molar-refractivity contribution in [2.75, 3.05) is 6.61 Å². The second kappa shape index (κ2) is 5.82. The molecule has 2 heterocycles. The number of fused-ring (bicyclic) bond motifs is 1. The highest BCUT2D eigenvalue weighted by Gasteiger charge is 2.53. The van der Waals surface area contributed by atoms with E-state index in [2.05, 4.69) is 24.3 Å². The number of hydrogen-bond acceptors (Lipinski definition) is 3. The Morgan fingerprint density at radius 3 is 2.12 bits per heavy atom. The summed E-state index contributed by atoms with van der Waals surface area (Å²) in [4.78, 5) is 12.5. The highest BCUT2D eigenvalue weighted by atomic mass is 16.5. The fourth-order valence-corrected chi connectivity index (χ4v) is 4.04. The minimum Gasteiger partial charge on any atom is -0.481 e. The van der Waals surface area contributed by atoms with Crippen LogP contribution in [0.1, 0.15) is 30.9 Å². The molecule has 0 aromatic heterocycles. The van der Waals surface area contributed by atoms with Crippen LogP contribution in [0.15, 0.2) is 72.0 Å². The zero-order valence-corrected chi connectivity index (χ0v) is 13.7. The molecule has 0 radical (unpaired) electrons. The molecule has 0 aliphatic carbocycles. The number of allylic oxidation sites excluding steroid dienone is 1. The summed E-state index contributed by atoms with van der Waals surface area (Å²) >= 11 is 0. The summed E-state index contributed by atoms with van der Waals surface area (Å²) in [5.74, 6) is 0.417. The Hall–Kier alpha value is -2.55. The van der Waals surface area contributed by atoms with Crippen LogP contribution in [-0.2, 0) is 19.9 Å². The molecule has 3 heteroatoms. The van der Waals surface area contributed by atoms with Crippen LogP contribution in [0, 0.1) is 5.92 Å². The van der Waals surface area contributed by atoms with Crippen molar-refractivity contribution >= 4 is 5.97 Å². The van der Waals surface area contributed by atoms with Crippen molar-refractivity contribution < 1.29 is 14.3 Å². The maximum Gasteiger partial charge on any atom is 0.337 e. The van der Waals surface area contributed by atoms with Crippen LogP contribution in [0.4, 0.5) is 0 Å². The van der Waals surface area contributed by atoms with Gasteiger partial charge in [0.1, 0.15) is 5.76 Å². The highest BCUT2D eigenvalue weighted by molar-refractivity contribution is 5.91. The largest absolute Gasteiger partial charge is 0.481 e. The van der Waals surface area contributed by atoms with Crippen molar-refractivity contribution in [3.05, 3.63) is 83.1 Å². The van der Waals surface area contributed by atoms with E-state index in [1.807, 2.05) is 43.3 Å². The fraction of sp³-hybridized carbons (Fsp3) is 0.286. The standard InChI is InChI=1S/C21H20O3/c1-15-19-18(13-8-14-23-20(19)22)21(24-15,16-9-4-2-5-10-16)17-11-6-3-7-12-17/h2-7,9-12,18H,8,13-14H2,1H3. The van der Waals surface area contributed by atoms with Gasteiger partial charge in [-0.05, 0) is 19.8 Å². The average Bonchev–Trinajstić information content (AvgIpc) is 2.78. The predicted molar refractivity (Wildman–Crippen MR) is 91.1 cm³/mol. The summed E-state index contributed by atoms with van der Waals surface area (Å²) in [6, 6.07) is 20.4. The van der Waals surface area contributed by atoms with Crippen molar-refractivity contribution in [2.45, 2.75) is 25.4 Å². The highest BCUT2D eigenvalue weighted by Crippen LogP contribution is 2.53. The molecule has 0 spiro atoms. The van der Waals surface area contributed by atoms with Gasteiger partial charge in [-0.3, -0.25) is 0 Å². The zero-order valence-electron chi connectivity index (χ0n) is 13.7. The molecule has 3 nitrogen and oxygen atoms in total. The van der Waals surface area contributed by atoms with E-state index in [4.69, 9.17) is 9.47 Å². The van der Waals surface area contributed by atoms with E-state index in [9.17, 15) is 4.79 Å². The third-order valence-corrected chi connectivity index (χ3v) is 5.03. The molecule has 0 amide bonds. The number of ether oxygens (including phenoxy) is 2. The number of carbonyl (C=O) groups excluding carboxylic acids is 1. The Morgan fingerprint density at radius 1 is 0.958 bits per heavy atom. The van der Waals surface area contributed by atoms with Crippen LogP contribution in [0.2, 0.25) is 0 Å². The first kappa shape index (κ1) is 15.0. The monoisotopic (exact) mass is 320 g/mol. The van der Waals surface area contributed by atoms with Gasteiger partial charge >= 0.3 is 5.97 Å². The van der Waals surface area contributed by atoms with Gasteiger partial charge in [-0.1, -0.05) is 60.7 Å². The van der Waals surface area contributed by atoms with Crippen LogP contribution < -0.4 is 0 Å². The SMILES string of the molecule is CC1=C2C(=O)OCCCC2C(c2ccccc2)(c2ccccc2)O1. The molecule has 1 saturated heterocycles. The van der Waals surface area contributed by atoms with Crippen molar-refractivity contribution in [1.29, 1.82) is 0 Å². The Labute approximate surface area is 141 Å². The predicted octanol–water partition coefficient (Wildman–Crippen LogP) is 4.19. The lowest BCUT2D eigenvalue weighted by atomic mass is 9.72. The molecule has 0 saturated carbocycles. The maximum absolute atomic E-state index is 12.5. The van der Waals surface area contributed by atoms with E-state index in [0.29, 0.717) is 17.9 Å². The van der Waals surface area contributed by atoms with E-state index in [1.54, 1.807) is 0 Å². The van der Waals surface area contributed by atoms with Crippen LogP contribution in [0.25, 0.3) is 0 Å². The molecule has 2 aliphatic heterocycles. The first-order chi connectivity index (χ1) is 11.7. The van der Waals surface area contributed by atoms with E-state index in [-0.39, 0.29) is 11.9 Å². The lowest BCUT2D eigenvalue weighted by Crippen LogP contribution is -2.36. The summed E-state index contributed by atoms with van der Waals surface area (Å²) < 4.78 is 11.8. The molecule has 2 aliphatic rings. The molecule has 4 rings (SSSR count). The minimum absolute atomic E-state index is 0.0303. The Bertz CT molecular complexity index is 738. The molecule has 2 aromatic rings. The van der Waals surface area contributed by atoms with Crippen LogP contribution in [-0.4, -0.2) is 12.6 Å². The van der Waals surface area contributed by atoms with E-state index < -0.39 is 5.60 Å². The number of esters is 1. The lowest BCUT2D eigenvalue weighted by molar-refractivity contribution is -0.138. The molecule has 1 fully saturated rings. The van der Waals surface area contributed by atoms with Gasteiger partial charge in [0.05, 0.1) is 12.2 Å². The van der Waals surface area contributed by atoms with Gasteiger partial charge in [0.2, 0.25) is 0 Å². The van der Waals surface area contributed by atoms with Gasteiger partial charge in [0, 0.05) is 17.0 Å². The molecular weight excluding hydrogens is 300 g/mol. The Morgan fingerprint density at radius 2 is 1.54 bits per heavy atom. The molecule has 0 bridgehead atoms. The number of cyclic esters (lactones) is 1. The lowest BCUT2D eigenvalue weighted by Gasteiger charge is -2.36. The number of benzene rings is 2. The minimum atomic E-state index is -0.661. The Kier molecular flexibility index (Phi) is 3.64. The van der Waals surface area contributed by atoms with Gasteiger partial charge in [0.15, 0.2) is 5.60 Å². The van der Waals surface area contributed by atoms with Gasteiger partial charge in [-0.15, -0.1) is 0 Å². The van der Waals surface area contributed by atoms with Crippen molar-refractivity contribution in [3.63, 3.8) is 0 Å². The number of hydrogen-bond donors (Lipinski definition) is 0. The second-order valence-corrected chi connectivity index (χ2v) is 6.37. The third-order valence-electron chi connectivity index (χ3n) is 5.03. The maximum atomic E-state index is 12.5. The van der Waals surface area contributed by atoms with Gasteiger partial charge in [-0.25, -0.2) is 4.79 Å². The summed E-state index contributed by atoms with van der Waals surface area (Å²) in [6.07, 6.45) is 1.71. The van der Waals surface area contributed by atoms with Gasteiger partial charge in [0.25, 0.3) is 0 Å². The summed E-state index contributed by atoms with van der Waals surface area (Å²) in [5, 5.41) is 0. The van der Waals surface area contributed by atoms with Crippen molar-refractivity contribution in [3.8, 4) is 0 Å². The fourth-order valence-electron chi connectivity index (χ4n) is 4.04. The van der Waals surface area contributed by atoms with Crippen LogP contribution in [0.5, 0.6) is 0 Å². The molecule has 0 N–H and O–H groups in total. The van der Waals surface area contributed by atoms with Gasteiger partial charge in [-0.2, -0.15) is 0 Å². The molecule has 122 valence electrons. The summed E-state index contributed by atoms with van der Waals surface area (Å²) in [5.41, 5.74) is 2.18. The quantitative estimate of drug-likeness (QED) is 0.778. The molecule has 1 atom stereocenters. The number of carbonyl (C=O) groups is 1. The normalized spacial score (nSPS) is 22.4.